The van der Waals surface area contributed by atoms with E-state index < -0.39 is 12.2 Å². The number of carbonyl (C=O) groups is 2. The van der Waals surface area contributed by atoms with Gasteiger partial charge in [0.1, 0.15) is 13.2 Å². The number of nitrogens with zero attached hydrogens (tertiary/aromatic N) is 3. The molecule has 2 N–H and O–H groups in total. The Morgan fingerprint density at radius 1 is 0.939 bits per heavy atom. The molecule has 3 rings (SSSR count). The third kappa shape index (κ3) is 5.30. The van der Waals surface area contributed by atoms with Gasteiger partial charge in [-0.25, -0.2) is 14.1 Å². The highest BCUT2D eigenvalue weighted by atomic mass is 16.6. The maximum Gasteiger partial charge on any atom is 0.407 e. The molecule has 0 radical (unpaired) electrons. The van der Waals surface area contributed by atoms with Crippen LogP contribution >= 0.6 is 0 Å². The van der Waals surface area contributed by atoms with Gasteiger partial charge in [-0.2, -0.15) is 0 Å². The molecule has 0 saturated heterocycles. The van der Waals surface area contributed by atoms with Gasteiger partial charge in [-0.3, -0.25) is 0 Å². The number of ether oxygens (including phenoxy) is 2. The van der Waals surface area contributed by atoms with E-state index in [4.69, 9.17) is 14.6 Å². The van der Waals surface area contributed by atoms with Crippen LogP contribution in [0.1, 0.15) is 44.5 Å². The number of carbonyl (C=O) groups excluding carboxylic acids is 2. The van der Waals surface area contributed by atoms with Crippen LogP contribution in [0.2, 0.25) is 0 Å². The molecule has 1 aromatic carbocycles. The van der Waals surface area contributed by atoms with Crippen LogP contribution in [0.4, 0.5) is 15.4 Å². The molecule has 0 saturated carbocycles. The zero-order valence-corrected chi connectivity index (χ0v) is 20.4. The molecule has 0 aliphatic rings. The van der Waals surface area contributed by atoms with Crippen molar-refractivity contribution >= 4 is 34.3 Å². The molecule has 0 atom stereocenters. The van der Waals surface area contributed by atoms with Crippen molar-refractivity contribution in [3.63, 3.8) is 0 Å². The number of fused-ring (bicyclic) bond motifs is 3. The van der Waals surface area contributed by atoms with Gasteiger partial charge >= 0.3 is 12.2 Å². The summed E-state index contributed by atoms with van der Waals surface area (Å²) in [6, 6.07) is 7.89. The summed E-state index contributed by atoms with van der Waals surface area (Å²) in [7, 11) is 3.89. The van der Waals surface area contributed by atoms with Crippen molar-refractivity contribution in [3.05, 3.63) is 41.1 Å². The number of anilines is 1. The fourth-order valence-corrected chi connectivity index (χ4v) is 3.73. The monoisotopic (exact) mass is 455 g/mol. The van der Waals surface area contributed by atoms with E-state index in [0.29, 0.717) is 0 Å². The minimum absolute atomic E-state index is 0.0212. The third-order valence-electron chi connectivity index (χ3n) is 5.17. The molecule has 2 heterocycles. The van der Waals surface area contributed by atoms with E-state index in [1.54, 1.807) is 0 Å². The number of benzene rings is 1. The van der Waals surface area contributed by atoms with Crippen molar-refractivity contribution < 1.29 is 19.1 Å². The number of amides is 2. The van der Waals surface area contributed by atoms with E-state index in [2.05, 4.69) is 10.6 Å². The maximum absolute atomic E-state index is 12.2. The van der Waals surface area contributed by atoms with E-state index >= 15 is 0 Å². The first kappa shape index (κ1) is 24.2. The van der Waals surface area contributed by atoms with E-state index in [1.807, 2.05) is 82.4 Å². The van der Waals surface area contributed by atoms with Crippen LogP contribution in [0.3, 0.4) is 0 Å². The lowest BCUT2D eigenvalue weighted by Crippen LogP contribution is -2.31. The highest BCUT2D eigenvalue weighted by Gasteiger charge is 2.23. The summed E-state index contributed by atoms with van der Waals surface area (Å²) in [5, 5.41) is 12.3. The van der Waals surface area contributed by atoms with E-state index in [0.717, 1.165) is 38.9 Å². The first-order valence-corrected chi connectivity index (χ1v) is 11.1. The minimum atomic E-state index is -0.506. The summed E-state index contributed by atoms with van der Waals surface area (Å²) in [4.78, 5) is 26.3. The Labute approximate surface area is 194 Å². The van der Waals surface area contributed by atoms with Crippen molar-refractivity contribution in [2.24, 2.45) is 0 Å². The molecule has 9 heteroatoms. The Morgan fingerprint density at radius 2 is 1.45 bits per heavy atom. The lowest BCUT2D eigenvalue weighted by Gasteiger charge is -2.16. The SMILES string of the molecule is Cc1c(COC(=O)NC(C)C)c(COC(=O)NC(C)C)c2c3ccccc3c(N(C)C)nn12. The summed E-state index contributed by atoms with van der Waals surface area (Å²) in [5.74, 6) is 0.811. The number of rotatable bonds is 7. The zero-order chi connectivity index (χ0) is 24.3. The van der Waals surface area contributed by atoms with Gasteiger partial charge in [-0.05, 0) is 34.6 Å². The first-order valence-electron chi connectivity index (χ1n) is 11.1. The average Bonchev–Trinajstić information content (AvgIpc) is 3.00. The second-order valence-electron chi connectivity index (χ2n) is 8.82. The molecule has 9 nitrogen and oxygen atoms in total. The van der Waals surface area contributed by atoms with Gasteiger partial charge in [-0.1, -0.05) is 24.3 Å². The third-order valence-corrected chi connectivity index (χ3v) is 5.17. The highest BCUT2D eigenvalue weighted by Crippen LogP contribution is 2.34. The number of hydrogen-bond acceptors (Lipinski definition) is 6. The van der Waals surface area contributed by atoms with Gasteiger partial charge in [0, 0.05) is 53.8 Å². The predicted molar refractivity (Wildman–Crippen MR) is 129 cm³/mol. The van der Waals surface area contributed by atoms with E-state index in [-0.39, 0.29) is 25.3 Å². The van der Waals surface area contributed by atoms with E-state index in [1.165, 1.54) is 0 Å². The summed E-state index contributed by atoms with van der Waals surface area (Å²) in [6.07, 6.45) is -1.01. The molecule has 3 aromatic rings. The quantitative estimate of drug-likeness (QED) is 0.556. The number of nitrogens with one attached hydrogen (secondary N) is 2. The molecule has 0 spiro atoms. The largest absolute Gasteiger partial charge is 0.445 e. The molecule has 2 aromatic heterocycles. The lowest BCUT2D eigenvalue weighted by molar-refractivity contribution is 0.129. The van der Waals surface area contributed by atoms with Crippen LogP contribution in [-0.4, -0.2) is 48.0 Å². The van der Waals surface area contributed by atoms with Crippen LogP contribution in [-0.2, 0) is 22.7 Å². The number of alkyl carbamates (subject to hydrolysis) is 2. The number of aromatic nitrogens is 2. The van der Waals surface area contributed by atoms with Crippen LogP contribution in [0.25, 0.3) is 16.3 Å². The van der Waals surface area contributed by atoms with Crippen molar-refractivity contribution in [2.45, 2.75) is 59.9 Å². The highest BCUT2D eigenvalue weighted by molar-refractivity contribution is 6.03. The summed E-state index contributed by atoms with van der Waals surface area (Å²) >= 11 is 0. The zero-order valence-electron chi connectivity index (χ0n) is 20.4. The van der Waals surface area contributed by atoms with Crippen LogP contribution in [0.15, 0.2) is 24.3 Å². The van der Waals surface area contributed by atoms with Gasteiger partial charge < -0.3 is 25.0 Å². The van der Waals surface area contributed by atoms with Crippen molar-refractivity contribution in [1.82, 2.24) is 20.2 Å². The van der Waals surface area contributed by atoms with Gasteiger partial charge in [0.25, 0.3) is 0 Å². The molecule has 0 unspecified atom stereocenters. The normalized spacial score (nSPS) is 11.3. The molecule has 33 heavy (non-hydrogen) atoms. The molecule has 0 fully saturated rings. The Hall–Kier alpha value is -3.49. The molecule has 2 amide bonds. The van der Waals surface area contributed by atoms with Crippen molar-refractivity contribution in [2.75, 3.05) is 19.0 Å². The Balaban J connectivity index is 2.14. The molecule has 0 aliphatic carbocycles. The Kier molecular flexibility index (Phi) is 7.30. The fourth-order valence-electron chi connectivity index (χ4n) is 3.73. The van der Waals surface area contributed by atoms with Crippen molar-refractivity contribution in [3.8, 4) is 0 Å². The second kappa shape index (κ2) is 9.97. The number of hydrogen-bond donors (Lipinski definition) is 2. The molecular formula is C24H33N5O4. The van der Waals surface area contributed by atoms with Crippen LogP contribution in [0, 0.1) is 6.92 Å². The van der Waals surface area contributed by atoms with Crippen LogP contribution < -0.4 is 15.5 Å². The fraction of sp³-hybridized carbons (Fsp3) is 0.458. The van der Waals surface area contributed by atoms with E-state index in [9.17, 15) is 9.59 Å². The predicted octanol–water partition coefficient (Wildman–Crippen LogP) is 4.13. The summed E-state index contributed by atoms with van der Waals surface area (Å²) in [6.45, 7) is 9.44. The second-order valence-corrected chi connectivity index (χ2v) is 8.82. The molecule has 178 valence electrons. The van der Waals surface area contributed by atoms with Crippen LogP contribution in [0.5, 0.6) is 0 Å². The Bertz CT molecular complexity index is 1170. The van der Waals surface area contributed by atoms with Gasteiger partial charge in [0.15, 0.2) is 5.82 Å². The van der Waals surface area contributed by atoms with Crippen molar-refractivity contribution in [1.29, 1.82) is 0 Å². The maximum atomic E-state index is 12.2. The summed E-state index contributed by atoms with van der Waals surface area (Å²) in [5.41, 5.74) is 3.17. The summed E-state index contributed by atoms with van der Waals surface area (Å²) < 4.78 is 12.9. The smallest absolute Gasteiger partial charge is 0.407 e. The van der Waals surface area contributed by atoms with Gasteiger partial charge in [-0.15, -0.1) is 5.10 Å². The minimum Gasteiger partial charge on any atom is -0.445 e. The standard InChI is InChI=1S/C24H33N5O4/c1-14(2)25-23(30)32-12-19-16(5)29-21(20(19)13-33-24(31)26-15(3)4)17-10-8-9-11-18(17)22(27-29)28(6)7/h8-11,14-15H,12-13H2,1-7H3,(H,25,30)(H,26,31). The lowest BCUT2D eigenvalue weighted by atomic mass is 10.1. The number of aryl methyl sites for hydroxylation is 1. The molecule has 0 bridgehead atoms. The Morgan fingerprint density at radius 3 is 1.97 bits per heavy atom. The first-order chi connectivity index (χ1) is 15.6. The molecule has 0 aliphatic heterocycles. The topological polar surface area (TPSA) is 97.2 Å². The average molecular weight is 456 g/mol. The molecular weight excluding hydrogens is 422 g/mol. The van der Waals surface area contributed by atoms with Gasteiger partial charge in [0.05, 0.1) is 5.52 Å². The van der Waals surface area contributed by atoms with Gasteiger partial charge in [0.2, 0.25) is 0 Å².